The van der Waals surface area contributed by atoms with Crippen LogP contribution in [0.15, 0.2) is 24.3 Å². The van der Waals surface area contributed by atoms with Crippen LogP contribution in [0.4, 0.5) is 0 Å². The first-order valence-electron chi connectivity index (χ1n) is 7.35. The number of hydrogen-bond acceptors (Lipinski definition) is 2. The van der Waals surface area contributed by atoms with Gasteiger partial charge in [-0.3, -0.25) is 9.59 Å². The third-order valence-electron chi connectivity index (χ3n) is 3.06. The summed E-state index contributed by atoms with van der Waals surface area (Å²) in [5, 5.41) is 2.88. The maximum atomic E-state index is 12.3. The Morgan fingerprint density at radius 3 is 2.19 bits per heavy atom. The number of aryl methyl sites for hydroxylation is 1. The van der Waals surface area contributed by atoms with E-state index in [-0.39, 0.29) is 23.9 Å². The fourth-order valence-corrected chi connectivity index (χ4v) is 2.00. The third kappa shape index (κ3) is 6.43. The summed E-state index contributed by atoms with van der Waals surface area (Å²) in [4.78, 5) is 25.8. The van der Waals surface area contributed by atoms with Gasteiger partial charge in [0.2, 0.25) is 11.8 Å². The van der Waals surface area contributed by atoms with Crippen molar-refractivity contribution in [3.63, 3.8) is 0 Å². The Labute approximate surface area is 127 Å². The average molecular weight is 290 g/mol. The highest BCUT2D eigenvalue weighted by atomic mass is 16.2. The van der Waals surface area contributed by atoms with E-state index in [1.165, 1.54) is 5.56 Å². The van der Waals surface area contributed by atoms with Crippen LogP contribution in [-0.4, -0.2) is 35.3 Å². The van der Waals surface area contributed by atoms with E-state index in [9.17, 15) is 9.59 Å². The lowest BCUT2D eigenvalue weighted by Gasteiger charge is -2.25. The van der Waals surface area contributed by atoms with E-state index in [1.54, 1.807) is 4.90 Å². The van der Waals surface area contributed by atoms with Crippen LogP contribution in [0.25, 0.3) is 0 Å². The summed E-state index contributed by atoms with van der Waals surface area (Å²) in [6, 6.07) is 7.89. The Bertz CT molecular complexity index is 487. The molecule has 0 heterocycles. The maximum Gasteiger partial charge on any atom is 0.240 e. The zero-order valence-corrected chi connectivity index (χ0v) is 13.7. The summed E-state index contributed by atoms with van der Waals surface area (Å²) >= 11 is 0. The van der Waals surface area contributed by atoms with Crippen LogP contribution >= 0.6 is 0 Å². The van der Waals surface area contributed by atoms with Gasteiger partial charge in [0.05, 0.1) is 13.0 Å². The number of benzene rings is 1. The Hall–Kier alpha value is -1.84. The first-order chi connectivity index (χ1) is 9.71. The molecule has 0 saturated heterocycles. The molecule has 0 fully saturated rings. The topological polar surface area (TPSA) is 49.4 Å². The van der Waals surface area contributed by atoms with Crippen molar-refractivity contribution in [3.8, 4) is 0 Å². The van der Waals surface area contributed by atoms with Crippen molar-refractivity contribution in [2.24, 2.45) is 0 Å². The molecular weight excluding hydrogens is 264 g/mol. The number of nitrogens with zero attached hydrogens (tertiary/aromatic N) is 1. The van der Waals surface area contributed by atoms with Crippen molar-refractivity contribution in [2.45, 2.75) is 46.6 Å². The van der Waals surface area contributed by atoms with E-state index >= 15 is 0 Å². The van der Waals surface area contributed by atoms with Gasteiger partial charge in [0.1, 0.15) is 0 Å². The van der Waals surface area contributed by atoms with Crippen LogP contribution in [-0.2, 0) is 16.0 Å². The molecule has 0 aliphatic carbocycles. The first kappa shape index (κ1) is 17.2. The van der Waals surface area contributed by atoms with Gasteiger partial charge in [0.25, 0.3) is 0 Å². The predicted molar refractivity (Wildman–Crippen MR) is 85.0 cm³/mol. The Morgan fingerprint density at radius 1 is 1.14 bits per heavy atom. The molecule has 0 aliphatic heterocycles. The van der Waals surface area contributed by atoms with E-state index in [0.717, 1.165) is 5.56 Å². The third-order valence-corrected chi connectivity index (χ3v) is 3.06. The zero-order valence-electron chi connectivity index (χ0n) is 13.7. The molecule has 0 bridgehead atoms. The largest absolute Gasteiger partial charge is 0.350 e. The SMILES string of the molecule is CCN(CC(=O)NC(C)(C)C)C(=O)Cc1ccc(C)cc1. The summed E-state index contributed by atoms with van der Waals surface area (Å²) in [5.41, 5.74) is 1.86. The molecule has 4 nitrogen and oxygen atoms in total. The summed E-state index contributed by atoms with van der Waals surface area (Å²) in [6.07, 6.45) is 0.330. The van der Waals surface area contributed by atoms with Crippen LogP contribution in [0.5, 0.6) is 0 Å². The molecule has 0 atom stereocenters. The van der Waals surface area contributed by atoms with E-state index in [4.69, 9.17) is 0 Å². The molecule has 0 saturated carbocycles. The Balaban J connectivity index is 2.61. The van der Waals surface area contributed by atoms with Crippen LogP contribution in [0.3, 0.4) is 0 Å². The molecule has 2 amide bonds. The van der Waals surface area contributed by atoms with Gasteiger partial charge in [-0.2, -0.15) is 0 Å². The highest BCUT2D eigenvalue weighted by Gasteiger charge is 2.19. The van der Waals surface area contributed by atoms with Gasteiger partial charge in [0, 0.05) is 12.1 Å². The summed E-state index contributed by atoms with van der Waals surface area (Å²) in [6.45, 7) is 10.3. The standard InChI is InChI=1S/C17H26N2O2/c1-6-19(12-15(20)18-17(3,4)5)16(21)11-14-9-7-13(2)8-10-14/h7-10H,6,11-12H2,1-5H3,(H,18,20). The summed E-state index contributed by atoms with van der Waals surface area (Å²) in [5.74, 6) is -0.146. The van der Waals surface area contributed by atoms with Crippen LogP contribution in [0.1, 0.15) is 38.8 Å². The molecule has 0 spiro atoms. The molecule has 1 N–H and O–H groups in total. The van der Waals surface area contributed by atoms with Gasteiger partial charge in [-0.1, -0.05) is 29.8 Å². The molecule has 1 aromatic carbocycles. The molecule has 116 valence electrons. The van der Waals surface area contributed by atoms with Crippen molar-refractivity contribution in [2.75, 3.05) is 13.1 Å². The van der Waals surface area contributed by atoms with Crippen LogP contribution < -0.4 is 5.32 Å². The number of nitrogens with one attached hydrogen (secondary N) is 1. The number of likely N-dealkylation sites (N-methyl/N-ethyl adjacent to an activating group) is 1. The molecule has 1 rings (SSSR count). The minimum absolute atomic E-state index is 0.0228. The number of carbonyl (C=O) groups is 2. The quantitative estimate of drug-likeness (QED) is 0.904. The zero-order chi connectivity index (χ0) is 16.0. The van der Waals surface area contributed by atoms with Crippen molar-refractivity contribution in [3.05, 3.63) is 35.4 Å². The molecule has 0 radical (unpaired) electrons. The lowest BCUT2D eigenvalue weighted by Crippen LogP contribution is -2.47. The van der Waals surface area contributed by atoms with Gasteiger partial charge in [-0.15, -0.1) is 0 Å². The molecule has 0 aromatic heterocycles. The minimum atomic E-state index is -0.281. The molecule has 1 aromatic rings. The van der Waals surface area contributed by atoms with Gasteiger partial charge in [0.15, 0.2) is 0 Å². The second-order valence-electron chi connectivity index (χ2n) is 6.37. The van der Waals surface area contributed by atoms with Crippen molar-refractivity contribution in [1.82, 2.24) is 10.2 Å². The van der Waals surface area contributed by atoms with E-state index in [2.05, 4.69) is 5.32 Å². The van der Waals surface area contributed by atoms with Gasteiger partial charge >= 0.3 is 0 Å². The lowest BCUT2D eigenvalue weighted by atomic mass is 10.1. The summed E-state index contributed by atoms with van der Waals surface area (Å²) < 4.78 is 0. The van der Waals surface area contributed by atoms with Crippen LogP contribution in [0.2, 0.25) is 0 Å². The second kappa shape index (κ2) is 7.25. The number of hydrogen-bond donors (Lipinski definition) is 1. The van der Waals surface area contributed by atoms with E-state index in [1.807, 2.05) is 58.9 Å². The molecule has 4 heteroatoms. The fraction of sp³-hybridized carbons (Fsp3) is 0.529. The average Bonchev–Trinajstić information content (AvgIpc) is 2.36. The highest BCUT2D eigenvalue weighted by molar-refractivity contribution is 5.86. The Kier molecular flexibility index (Phi) is 5.94. The fourth-order valence-electron chi connectivity index (χ4n) is 2.00. The van der Waals surface area contributed by atoms with Crippen LogP contribution in [0, 0.1) is 6.92 Å². The molecular formula is C17H26N2O2. The monoisotopic (exact) mass is 290 g/mol. The molecule has 21 heavy (non-hydrogen) atoms. The first-order valence-corrected chi connectivity index (χ1v) is 7.35. The maximum absolute atomic E-state index is 12.3. The highest BCUT2D eigenvalue weighted by Crippen LogP contribution is 2.06. The second-order valence-corrected chi connectivity index (χ2v) is 6.37. The van der Waals surface area contributed by atoms with E-state index in [0.29, 0.717) is 13.0 Å². The predicted octanol–water partition coefficient (Wildman–Crippen LogP) is 2.30. The van der Waals surface area contributed by atoms with Gasteiger partial charge in [-0.05, 0) is 40.2 Å². The lowest BCUT2D eigenvalue weighted by molar-refractivity contribution is -0.135. The van der Waals surface area contributed by atoms with Crippen molar-refractivity contribution in [1.29, 1.82) is 0 Å². The molecule has 0 aliphatic rings. The van der Waals surface area contributed by atoms with Crippen molar-refractivity contribution < 1.29 is 9.59 Å². The Morgan fingerprint density at radius 2 is 1.71 bits per heavy atom. The minimum Gasteiger partial charge on any atom is -0.350 e. The summed E-state index contributed by atoms with van der Waals surface area (Å²) in [7, 11) is 0. The molecule has 0 unspecified atom stereocenters. The van der Waals surface area contributed by atoms with Gasteiger partial charge < -0.3 is 10.2 Å². The number of carbonyl (C=O) groups excluding carboxylic acids is 2. The smallest absolute Gasteiger partial charge is 0.240 e. The normalized spacial score (nSPS) is 11.1. The van der Waals surface area contributed by atoms with Crippen molar-refractivity contribution >= 4 is 11.8 Å². The van der Waals surface area contributed by atoms with E-state index < -0.39 is 0 Å². The van der Waals surface area contributed by atoms with Gasteiger partial charge in [-0.25, -0.2) is 0 Å². The number of amides is 2. The number of rotatable bonds is 5.